The Morgan fingerprint density at radius 3 is 2.89 bits per heavy atom. The van der Waals surface area contributed by atoms with Crippen LogP contribution in [0.2, 0.25) is 0 Å². The first-order valence-corrected chi connectivity index (χ1v) is 9.89. The number of carbonyl (C=O) groups excluding carboxylic acids is 2. The Morgan fingerprint density at radius 1 is 1.22 bits per heavy atom. The number of halogens is 1. The van der Waals surface area contributed by atoms with E-state index in [9.17, 15) is 14.0 Å². The highest BCUT2D eigenvalue weighted by Gasteiger charge is 2.23. The number of rotatable bonds is 4. The van der Waals surface area contributed by atoms with E-state index in [2.05, 4.69) is 15.6 Å². The fourth-order valence-electron chi connectivity index (χ4n) is 2.72. The summed E-state index contributed by atoms with van der Waals surface area (Å²) in [7, 11) is 0. The van der Waals surface area contributed by atoms with Crippen molar-refractivity contribution >= 4 is 40.6 Å². The molecular weight excluding hydrogens is 385 g/mol. The molecular formula is C19H14FN3O2S2. The Balaban J connectivity index is 1.55. The SMILES string of the molecule is O=C(NCCc1cncs1)c1cc2c(cc1F)Sc1ccccc1C(=O)N2. The summed E-state index contributed by atoms with van der Waals surface area (Å²) in [5.41, 5.74) is 2.58. The summed E-state index contributed by atoms with van der Waals surface area (Å²) in [4.78, 5) is 31.1. The quantitative estimate of drug-likeness (QED) is 0.696. The largest absolute Gasteiger partial charge is 0.352 e. The molecule has 0 saturated heterocycles. The number of benzene rings is 2. The van der Waals surface area contributed by atoms with Crippen LogP contribution in [0.4, 0.5) is 10.1 Å². The van der Waals surface area contributed by atoms with E-state index in [-0.39, 0.29) is 11.5 Å². The third-order valence-corrected chi connectivity index (χ3v) is 6.03. The van der Waals surface area contributed by atoms with Crippen molar-refractivity contribution in [2.45, 2.75) is 16.2 Å². The lowest BCUT2D eigenvalue weighted by molar-refractivity contribution is 0.0948. The van der Waals surface area contributed by atoms with Gasteiger partial charge in [0.25, 0.3) is 11.8 Å². The van der Waals surface area contributed by atoms with E-state index >= 15 is 0 Å². The number of nitrogens with one attached hydrogen (secondary N) is 2. The van der Waals surface area contributed by atoms with E-state index in [4.69, 9.17) is 0 Å². The molecule has 0 bridgehead atoms. The van der Waals surface area contributed by atoms with Crippen molar-refractivity contribution in [3.05, 3.63) is 69.9 Å². The Bertz CT molecular complexity index is 1020. The summed E-state index contributed by atoms with van der Waals surface area (Å²) in [5, 5.41) is 5.48. The van der Waals surface area contributed by atoms with Gasteiger partial charge in [0, 0.05) is 33.8 Å². The molecule has 136 valence electrons. The average Bonchev–Trinajstić information content (AvgIpc) is 3.12. The lowest BCUT2D eigenvalue weighted by atomic mass is 10.1. The molecule has 0 unspecified atom stereocenters. The highest BCUT2D eigenvalue weighted by molar-refractivity contribution is 7.99. The smallest absolute Gasteiger partial charge is 0.256 e. The van der Waals surface area contributed by atoms with Gasteiger partial charge in [0.05, 0.1) is 22.3 Å². The molecule has 27 heavy (non-hydrogen) atoms. The molecule has 1 aromatic heterocycles. The van der Waals surface area contributed by atoms with Gasteiger partial charge in [-0.25, -0.2) is 4.39 Å². The Labute approximate surface area is 163 Å². The van der Waals surface area contributed by atoms with Gasteiger partial charge < -0.3 is 10.6 Å². The molecule has 0 atom stereocenters. The minimum atomic E-state index is -0.620. The first kappa shape index (κ1) is 17.7. The Morgan fingerprint density at radius 2 is 2.07 bits per heavy atom. The third-order valence-electron chi connectivity index (χ3n) is 4.05. The number of fused-ring (bicyclic) bond motifs is 2. The fraction of sp³-hybridized carbons (Fsp3) is 0.105. The lowest BCUT2D eigenvalue weighted by Gasteiger charge is -2.11. The van der Waals surface area contributed by atoms with Crippen LogP contribution in [0.15, 0.2) is 57.9 Å². The van der Waals surface area contributed by atoms with Crippen LogP contribution in [0.25, 0.3) is 0 Å². The average molecular weight is 399 g/mol. The third kappa shape index (κ3) is 3.72. The van der Waals surface area contributed by atoms with Crippen LogP contribution in [0, 0.1) is 5.82 Å². The number of hydrogen-bond donors (Lipinski definition) is 2. The molecule has 2 heterocycles. The molecule has 0 saturated carbocycles. The summed E-state index contributed by atoms with van der Waals surface area (Å²) in [6.07, 6.45) is 2.37. The zero-order valence-corrected chi connectivity index (χ0v) is 15.6. The molecule has 8 heteroatoms. The van der Waals surface area contributed by atoms with Crippen LogP contribution in [0.1, 0.15) is 25.6 Å². The summed E-state index contributed by atoms with van der Waals surface area (Å²) < 4.78 is 14.5. The highest BCUT2D eigenvalue weighted by Crippen LogP contribution is 2.39. The van der Waals surface area contributed by atoms with E-state index in [1.165, 1.54) is 35.2 Å². The van der Waals surface area contributed by atoms with Crippen LogP contribution in [-0.4, -0.2) is 23.3 Å². The molecule has 0 aliphatic carbocycles. The normalized spacial score (nSPS) is 12.6. The number of amides is 2. The van der Waals surface area contributed by atoms with Crippen LogP contribution in [0.5, 0.6) is 0 Å². The zero-order chi connectivity index (χ0) is 18.8. The van der Waals surface area contributed by atoms with Crippen molar-refractivity contribution in [3.63, 3.8) is 0 Å². The van der Waals surface area contributed by atoms with Crippen molar-refractivity contribution in [3.8, 4) is 0 Å². The standard InChI is InChI=1S/C19H14FN3O2S2/c20-14-8-17-15(23-19(25)12-3-1-2-4-16(12)27-17)7-13(14)18(24)22-6-5-11-9-21-10-26-11/h1-4,7-10H,5-6H2,(H,22,24)(H,23,25). The molecule has 4 rings (SSSR count). The molecule has 0 spiro atoms. The van der Waals surface area contributed by atoms with Gasteiger partial charge in [0.15, 0.2) is 0 Å². The van der Waals surface area contributed by atoms with Crippen molar-refractivity contribution in [2.24, 2.45) is 0 Å². The van der Waals surface area contributed by atoms with Gasteiger partial charge in [-0.15, -0.1) is 11.3 Å². The first-order valence-electron chi connectivity index (χ1n) is 8.19. The summed E-state index contributed by atoms with van der Waals surface area (Å²) in [6.45, 7) is 0.379. The molecule has 0 radical (unpaired) electrons. The Hall–Kier alpha value is -2.71. The molecule has 1 aliphatic heterocycles. The minimum absolute atomic E-state index is 0.0927. The van der Waals surface area contributed by atoms with E-state index in [0.29, 0.717) is 29.1 Å². The van der Waals surface area contributed by atoms with E-state index in [1.54, 1.807) is 23.8 Å². The summed E-state index contributed by atoms with van der Waals surface area (Å²) >= 11 is 2.80. The lowest BCUT2D eigenvalue weighted by Crippen LogP contribution is -2.26. The number of aromatic nitrogens is 1. The van der Waals surface area contributed by atoms with Crippen molar-refractivity contribution in [2.75, 3.05) is 11.9 Å². The van der Waals surface area contributed by atoms with E-state index < -0.39 is 11.7 Å². The maximum atomic E-state index is 14.5. The summed E-state index contributed by atoms with van der Waals surface area (Å²) in [5.74, 6) is -1.41. The Kier molecular flexibility index (Phi) is 4.91. The van der Waals surface area contributed by atoms with Gasteiger partial charge >= 0.3 is 0 Å². The monoisotopic (exact) mass is 399 g/mol. The van der Waals surface area contributed by atoms with E-state index in [0.717, 1.165) is 9.77 Å². The molecule has 5 nitrogen and oxygen atoms in total. The van der Waals surface area contributed by atoms with Crippen molar-refractivity contribution < 1.29 is 14.0 Å². The molecule has 1 aliphatic rings. The zero-order valence-electron chi connectivity index (χ0n) is 14.0. The summed E-state index contributed by atoms with van der Waals surface area (Å²) in [6, 6.07) is 9.81. The maximum Gasteiger partial charge on any atom is 0.256 e. The molecule has 2 amide bonds. The van der Waals surface area contributed by atoms with Gasteiger partial charge in [-0.05, 0) is 24.3 Å². The van der Waals surface area contributed by atoms with Gasteiger partial charge in [-0.3, -0.25) is 14.6 Å². The van der Waals surface area contributed by atoms with Gasteiger partial charge in [0.1, 0.15) is 5.82 Å². The van der Waals surface area contributed by atoms with E-state index in [1.807, 2.05) is 12.1 Å². The second kappa shape index (κ2) is 7.50. The second-order valence-corrected chi connectivity index (χ2v) is 7.91. The topological polar surface area (TPSA) is 71.1 Å². The highest BCUT2D eigenvalue weighted by atomic mass is 32.2. The second-order valence-electron chi connectivity index (χ2n) is 5.85. The molecule has 0 fully saturated rings. The van der Waals surface area contributed by atoms with Crippen LogP contribution >= 0.6 is 23.1 Å². The maximum absolute atomic E-state index is 14.5. The number of nitrogens with zero attached hydrogens (tertiary/aromatic N) is 1. The number of thiazole rings is 1. The molecule has 2 N–H and O–H groups in total. The number of hydrogen-bond acceptors (Lipinski definition) is 5. The minimum Gasteiger partial charge on any atom is -0.352 e. The van der Waals surface area contributed by atoms with Crippen LogP contribution < -0.4 is 10.6 Å². The van der Waals surface area contributed by atoms with Crippen molar-refractivity contribution in [1.82, 2.24) is 10.3 Å². The molecule has 3 aromatic rings. The predicted octanol–water partition coefficient (Wildman–Crippen LogP) is 3.97. The predicted molar refractivity (Wildman–Crippen MR) is 103 cm³/mol. The first-order chi connectivity index (χ1) is 13.1. The van der Waals surface area contributed by atoms with Crippen LogP contribution in [0.3, 0.4) is 0 Å². The molecule has 2 aromatic carbocycles. The van der Waals surface area contributed by atoms with Gasteiger partial charge in [-0.2, -0.15) is 0 Å². The number of carbonyl (C=O) groups is 2. The van der Waals surface area contributed by atoms with Gasteiger partial charge in [0.2, 0.25) is 0 Å². The van der Waals surface area contributed by atoms with Crippen molar-refractivity contribution in [1.29, 1.82) is 0 Å². The van der Waals surface area contributed by atoms with Crippen LogP contribution in [-0.2, 0) is 6.42 Å². The fourth-order valence-corrected chi connectivity index (χ4v) is 4.36. The van der Waals surface area contributed by atoms with Gasteiger partial charge in [-0.1, -0.05) is 23.9 Å². The number of anilines is 1.